The second-order valence-corrected chi connectivity index (χ2v) is 11.4. The van der Waals surface area contributed by atoms with Crippen LogP contribution in [0.4, 0.5) is 5.69 Å². The number of aromatic nitrogens is 1. The van der Waals surface area contributed by atoms with Gasteiger partial charge in [0.1, 0.15) is 5.75 Å². The zero-order valence-corrected chi connectivity index (χ0v) is 21.2. The average Bonchev–Trinajstić information content (AvgIpc) is 3.38. The monoisotopic (exact) mass is 499 g/mol. The molecule has 1 fully saturated rings. The zero-order valence-electron chi connectivity index (χ0n) is 19.6. The molecule has 0 unspecified atom stereocenters. The number of anilines is 1. The van der Waals surface area contributed by atoms with E-state index in [9.17, 15) is 13.2 Å². The smallest absolute Gasteiger partial charge is 0.243 e. The Balaban J connectivity index is 1.56. The van der Waals surface area contributed by atoms with E-state index in [0.717, 1.165) is 28.8 Å². The number of aryl methyl sites for hydroxylation is 1. The molecule has 0 aliphatic carbocycles. The Labute approximate surface area is 205 Å². The van der Waals surface area contributed by atoms with E-state index in [4.69, 9.17) is 9.72 Å². The van der Waals surface area contributed by atoms with Gasteiger partial charge in [-0.25, -0.2) is 13.4 Å². The van der Waals surface area contributed by atoms with Crippen molar-refractivity contribution in [1.82, 2.24) is 9.29 Å². The number of benzene rings is 2. The van der Waals surface area contributed by atoms with Gasteiger partial charge in [0, 0.05) is 18.5 Å². The lowest BCUT2D eigenvalue weighted by molar-refractivity contribution is -0.115. The molecule has 1 N–H and O–H groups in total. The predicted octanol–water partition coefficient (Wildman–Crippen LogP) is 4.85. The van der Waals surface area contributed by atoms with Crippen LogP contribution >= 0.6 is 11.8 Å². The number of para-hydroxylation sites is 2. The Morgan fingerprint density at radius 3 is 2.62 bits per heavy atom. The van der Waals surface area contributed by atoms with Gasteiger partial charge in [0.2, 0.25) is 15.9 Å². The van der Waals surface area contributed by atoms with Gasteiger partial charge >= 0.3 is 0 Å². The molecule has 0 radical (unpaired) electrons. The highest BCUT2D eigenvalue weighted by molar-refractivity contribution is 8.00. The Hall–Kier alpha value is -2.62. The van der Waals surface area contributed by atoms with E-state index >= 15 is 0 Å². The summed E-state index contributed by atoms with van der Waals surface area (Å²) < 4.78 is 32.8. The van der Waals surface area contributed by atoms with Crippen molar-refractivity contribution < 1.29 is 17.9 Å². The van der Waals surface area contributed by atoms with Crippen molar-refractivity contribution in [2.24, 2.45) is 0 Å². The largest absolute Gasteiger partial charge is 0.495 e. The number of pyridine rings is 1. The van der Waals surface area contributed by atoms with E-state index in [1.54, 1.807) is 41.7 Å². The molecule has 1 amide bonds. The van der Waals surface area contributed by atoms with Gasteiger partial charge in [-0.2, -0.15) is 4.31 Å². The lowest BCUT2D eigenvalue weighted by Gasteiger charge is -2.17. The van der Waals surface area contributed by atoms with E-state index in [1.165, 1.54) is 11.8 Å². The number of hydrogen-bond donors (Lipinski definition) is 1. The Morgan fingerprint density at radius 1 is 1.18 bits per heavy atom. The molecule has 4 rings (SSSR count). The minimum atomic E-state index is -3.49. The van der Waals surface area contributed by atoms with Gasteiger partial charge in [-0.1, -0.05) is 30.8 Å². The van der Waals surface area contributed by atoms with Crippen molar-refractivity contribution in [1.29, 1.82) is 0 Å². The van der Waals surface area contributed by atoms with Gasteiger partial charge in [0.15, 0.2) is 0 Å². The van der Waals surface area contributed by atoms with Crippen LogP contribution in [0, 0.1) is 6.92 Å². The van der Waals surface area contributed by atoms with Crippen molar-refractivity contribution in [3.05, 3.63) is 54.1 Å². The molecule has 1 aliphatic rings. The highest BCUT2D eigenvalue weighted by Crippen LogP contribution is 2.32. The SMILES string of the molecule is CC[C@@H](Sc1cc(C)c2cc(S(=O)(=O)N3CCCC3)ccc2n1)C(=O)Nc1ccccc1OC. The van der Waals surface area contributed by atoms with Gasteiger partial charge in [0.05, 0.1) is 33.5 Å². The van der Waals surface area contributed by atoms with Crippen molar-refractivity contribution in [2.75, 3.05) is 25.5 Å². The highest BCUT2D eigenvalue weighted by atomic mass is 32.2. The quantitative estimate of drug-likeness (QED) is 0.446. The van der Waals surface area contributed by atoms with Crippen LogP contribution in [-0.2, 0) is 14.8 Å². The molecule has 0 bridgehead atoms. The second-order valence-electron chi connectivity index (χ2n) is 8.27. The number of ether oxygens (including phenoxy) is 1. The number of amides is 1. The number of carbonyl (C=O) groups is 1. The molecule has 34 heavy (non-hydrogen) atoms. The fourth-order valence-corrected chi connectivity index (χ4v) is 6.63. The van der Waals surface area contributed by atoms with Crippen LogP contribution in [0.5, 0.6) is 5.75 Å². The number of rotatable bonds is 8. The van der Waals surface area contributed by atoms with Gasteiger partial charge in [-0.15, -0.1) is 0 Å². The summed E-state index contributed by atoms with van der Waals surface area (Å²) in [5.41, 5.74) is 2.26. The summed E-state index contributed by atoms with van der Waals surface area (Å²) in [6, 6.07) is 14.3. The van der Waals surface area contributed by atoms with Crippen molar-refractivity contribution in [2.45, 2.75) is 48.3 Å². The molecule has 0 spiro atoms. The number of thioether (sulfide) groups is 1. The maximum Gasteiger partial charge on any atom is 0.243 e. The summed E-state index contributed by atoms with van der Waals surface area (Å²) in [6.07, 6.45) is 2.42. The molecule has 0 saturated carbocycles. The molecule has 180 valence electrons. The molecule has 3 aromatic rings. The summed E-state index contributed by atoms with van der Waals surface area (Å²) in [4.78, 5) is 18.0. The van der Waals surface area contributed by atoms with E-state index in [2.05, 4.69) is 5.32 Å². The fraction of sp³-hybridized carbons (Fsp3) is 0.360. The number of hydrogen-bond acceptors (Lipinski definition) is 6. The number of sulfonamides is 1. The summed E-state index contributed by atoms with van der Waals surface area (Å²) in [7, 11) is -1.92. The van der Waals surface area contributed by atoms with E-state index < -0.39 is 10.0 Å². The highest BCUT2D eigenvalue weighted by Gasteiger charge is 2.27. The van der Waals surface area contributed by atoms with Crippen LogP contribution in [0.1, 0.15) is 31.7 Å². The first-order valence-electron chi connectivity index (χ1n) is 11.4. The molecule has 9 heteroatoms. The Morgan fingerprint density at radius 2 is 1.91 bits per heavy atom. The minimum Gasteiger partial charge on any atom is -0.495 e. The summed E-state index contributed by atoms with van der Waals surface area (Å²) in [5, 5.41) is 4.13. The van der Waals surface area contributed by atoms with Gasteiger partial charge in [-0.05, 0) is 68.1 Å². The summed E-state index contributed by atoms with van der Waals surface area (Å²) in [6.45, 7) is 5.05. The molecular formula is C25H29N3O4S2. The van der Waals surface area contributed by atoms with Crippen LogP contribution in [-0.4, -0.2) is 49.1 Å². The van der Waals surface area contributed by atoms with Gasteiger partial charge in [-0.3, -0.25) is 4.79 Å². The van der Waals surface area contributed by atoms with Crippen LogP contribution in [0.15, 0.2) is 58.5 Å². The maximum absolute atomic E-state index is 13.0. The topological polar surface area (TPSA) is 88.6 Å². The zero-order chi connectivity index (χ0) is 24.3. The third-order valence-corrected chi connectivity index (χ3v) is 9.13. The number of carbonyl (C=O) groups excluding carboxylic acids is 1. The van der Waals surface area contributed by atoms with Crippen molar-refractivity contribution in [3.63, 3.8) is 0 Å². The number of nitrogens with zero attached hydrogens (tertiary/aromatic N) is 2. The van der Waals surface area contributed by atoms with Crippen LogP contribution < -0.4 is 10.1 Å². The maximum atomic E-state index is 13.0. The van der Waals surface area contributed by atoms with Crippen molar-refractivity contribution in [3.8, 4) is 5.75 Å². The summed E-state index contributed by atoms with van der Waals surface area (Å²) in [5.74, 6) is 0.485. The molecular weight excluding hydrogens is 470 g/mol. The Bertz CT molecular complexity index is 1300. The third-order valence-electron chi connectivity index (χ3n) is 5.96. The third kappa shape index (κ3) is 5.06. The average molecular weight is 500 g/mol. The number of nitrogens with one attached hydrogen (secondary N) is 1. The normalized spacial score (nSPS) is 15.4. The first kappa shape index (κ1) is 24.5. The standard InChI is InChI=1S/C25H29N3O4S2/c1-4-23(25(29)27-21-9-5-6-10-22(21)32-3)33-24-15-17(2)19-16-18(11-12-20(19)26-24)34(30,31)28-13-7-8-14-28/h5-6,9-12,15-16,23H,4,7-8,13-14H2,1-3H3,(H,27,29)/t23-/m1/s1. The minimum absolute atomic E-state index is 0.122. The molecule has 1 atom stereocenters. The first-order chi connectivity index (χ1) is 16.3. The van der Waals surface area contributed by atoms with Crippen molar-refractivity contribution >= 4 is 44.3 Å². The number of methoxy groups -OCH3 is 1. The van der Waals surface area contributed by atoms with Crippen LogP contribution in [0.25, 0.3) is 10.9 Å². The molecule has 1 aliphatic heterocycles. The molecule has 2 heterocycles. The predicted molar refractivity (Wildman–Crippen MR) is 136 cm³/mol. The molecule has 2 aromatic carbocycles. The molecule has 1 saturated heterocycles. The first-order valence-corrected chi connectivity index (χ1v) is 13.7. The molecule has 7 nitrogen and oxygen atoms in total. The molecule has 1 aromatic heterocycles. The lowest BCUT2D eigenvalue weighted by atomic mass is 10.1. The Kier molecular flexibility index (Phi) is 7.45. The van der Waals surface area contributed by atoms with Crippen LogP contribution in [0.3, 0.4) is 0 Å². The van der Waals surface area contributed by atoms with Gasteiger partial charge in [0.25, 0.3) is 0 Å². The lowest BCUT2D eigenvalue weighted by Crippen LogP contribution is -2.27. The second kappa shape index (κ2) is 10.3. The van der Waals surface area contributed by atoms with E-state index in [1.807, 2.05) is 32.0 Å². The van der Waals surface area contributed by atoms with E-state index in [-0.39, 0.29) is 11.2 Å². The fourth-order valence-electron chi connectivity index (χ4n) is 4.07. The number of fused-ring (bicyclic) bond motifs is 1. The summed E-state index contributed by atoms with van der Waals surface area (Å²) >= 11 is 1.40. The van der Waals surface area contributed by atoms with Crippen LogP contribution in [0.2, 0.25) is 0 Å². The van der Waals surface area contributed by atoms with E-state index in [0.29, 0.717) is 41.4 Å². The van der Waals surface area contributed by atoms with Gasteiger partial charge < -0.3 is 10.1 Å².